The van der Waals surface area contributed by atoms with Crippen LogP contribution < -0.4 is 5.32 Å². The highest BCUT2D eigenvalue weighted by atomic mass is 32.1. The van der Waals surface area contributed by atoms with Crippen molar-refractivity contribution in [3.05, 3.63) is 65.4 Å². The molecule has 3 rings (SSSR count). The van der Waals surface area contributed by atoms with Crippen LogP contribution in [0.15, 0.2) is 54.2 Å². The number of esters is 2. The summed E-state index contributed by atoms with van der Waals surface area (Å²) in [6.07, 6.45) is 3.39. The zero-order valence-electron chi connectivity index (χ0n) is 16.0. The largest absolute Gasteiger partial charge is 0.467 e. The normalized spacial score (nSPS) is 11.4. The second kappa shape index (κ2) is 10.2. The third-order valence-electron chi connectivity index (χ3n) is 3.91. The van der Waals surface area contributed by atoms with E-state index in [0.29, 0.717) is 10.8 Å². The van der Waals surface area contributed by atoms with Gasteiger partial charge in [-0.1, -0.05) is 30.3 Å². The van der Waals surface area contributed by atoms with Crippen LogP contribution in [0.2, 0.25) is 0 Å². The van der Waals surface area contributed by atoms with E-state index < -0.39 is 30.5 Å². The highest BCUT2D eigenvalue weighted by Crippen LogP contribution is 2.19. The number of amides is 1. The second-order valence-corrected chi connectivity index (χ2v) is 6.88. The van der Waals surface area contributed by atoms with Gasteiger partial charge in [-0.3, -0.25) is 4.79 Å². The number of ether oxygens (including phenoxy) is 2. The number of carbonyl (C=O) groups excluding carboxylic acids is 3. The number of hydrogen-bond donors (Lipinski definition) is 1. The Kier molecular flexibility index (Phi) is 7.17. The van der Waals surface area contributed by atoms with Gasteiger partial charge < -0.3 is 14.8 Å². The van der Waals surface area contributed by atoms with E-state index in [-0.39, 0.29) is 12.1 Å². The first kappa shape index (κ1) is 21.1. The highest BCUT2D eigenvalue weighted by Gasteiger charge is 2.23. The minimum atomic E-state index is -0.898. The van der Waals surface area contributed by atoms with Gasteiger partial charge >= 0.3 is 11.9 Å². The lowest BCUT2D eigenvalue weighted by molar-refractivity contribution is -0.145. The van der Waals surface area contributed by atoms with Crippen LogP contribution in [0.4, 0.5) is 0 Å². The minimum absolute atomic E-state index is 0.0454. The molecule has 0 aliphatic heterocycles. The van der Waals surface area contributed by atoms with Gasteiger partial charge in [-0.15, -0.1) is 11.3 Å². The highest BCUT2D eigenvalue weighted by molar-refractivity contribution is 7.13. The molecule has 1 unspecified atom stereocenters. The maximum atomic E-state index is 12.2. The van der Waals surface area contributed by atoms with Gasteiger partial charge in [-0.25, -0.2) is 24.5 Å². The molecule has 2 aromatic heterocycles. The number of hydrogen-bond acceptors (Lipinski definition) is 9. The standard InChI is InChI=1S/C20H18N4O5S/c1-28-19(26)14(10-13-6-3-2-4-7-13)23-16(25)11-29-20(27)15-12-30-18(24-15)17-21-8-5-9-22-17/h2-9,12,14H,10-11H2,1H3,(H,23,25). The number of carbonyl (C=O) groups is 3. The van der Waals surface area contributed by atoms with Crippen LogP contribution in [-0.2, 0) is 25.5 Å². The van der Waals surface area contributed by atoms with Crippen molar-refractivity contribution in [1.29, 1.82) is 0 Å². The monoisotopic (exact) mass is 426 g/mol. The van der Waals surface area contributed by atoms with Crippen molar-refractivity contribution in [3.8, 4) is 10.8 Å². The molecule has 10 heteroatoms. The molecular formula is C20H18N4O5S. The molecule has 9 nitrogen and oxygen atoms in total. The van der Waals surface area contributed by atoms with Gasteiger partial charge in [-0.05, 0) is 11.6 Å². The Bertz CT molecular complexity index is 1010. The lowest BCUT2D eigenvalue weighted by Gasteiger charge is -2.16. The number of nitrogens with zero attached hydrogens (tertiary/aromatic N) is 3. The van der Waals surface area contributed by atoms with Crippen molar-refractivity contribution in [1.82, 2.24) is 20.3 Å². The third-order valence-corrected chi connectivity index (χ3v) is 4.75. The quantitative estimate of drug-likeness (QED) is 0.540. The molecule has 0 saturated heterocycles. The molecule has 0 saturated carbocycles. The fraction of sp³-hybridized carbons (Fsp3) is 0.200. The molecule has 0 radical (unpaired) electrons. The van der Waals surface area contributed by atoms with Crippen molar-refractivity contribution in [2.75, 3.05) is 13.7 Å². The first-order valence-electron chi connectivity index (χ1n) is 8.88. The number of methoxy groups -OCH3 is 1. The first-order chi connectivity index (χ1) is 14.6. The van der Waals surface area contributed by atoms with Gasteiger partial charge in [0.25, 0.3) is 5.91 Å². The third kappa shape index (κ3) is 5.67. The molecule has 1 amide bonds. The summed E-state index contributed by atoms with van der Waals surface area (Å²) in [5, 5.41) is 4.48. The molecule has 2 heterocycles. The topological polar surface area (TPSA) is 120 Å². The van der Waals surface area contributed by atoms with Crippen LogP contribution in [0.25, 0.3) is 10.8 Å². The Morgan fingerprint density at radius 1 is 1.10 bits per heavy atom. The van der Waals surface area contributed by atoms with Crippen molar-refractivity contribution >= 4 is 29.2 Å². The predicted molar refractivity (Wildman–Crippen MR) is 108 cm³/mol. The van der Waals surface area contributed by atoms with Crippen molar-refractivity contribution in [2.24, 2.45) is 0 Å². The smallest absolute Gasteiger partial charge is 0.358 e. The molecule has 0 aliphatic rings. The molecule has 0 bridgehead atoms. The molecule has 0 aliphatic carbocycles. The number of nitrogens with one attached hydrogen (secondary N) is 1. The molecule has 0 fully saturated rings. The SMILES string of the molecule is COC(=O)C(Cc1ccccc1)NC(=O)COC(=O)c1csc(-c2ncccn2)n1. The molecule has 0 spiro atoms. The Balaban J connectivity index is 1.55. The van der Waals surface area contributed by atoms with Gasteiger partial charge in [-0.2, -0.15) is 0 Å². The van der Waals surface area contributed by atoms with Crippen molar-refractivity contribution in [2.45, 2.75) is 12.5 Å². The second-order valence-electron chi connectivity index (χ2n) is 6.02. The summed E-state index contributed by atoms with van der Waals surface area (Å²) in [7, 11) is 1.24. The average Bonchev–Trinajstić information content (AvgIpc) is 3.28. The van der Waals surface area contributed by atoms with E-state index in [1.807, 2.05) is 30.3 Å². The van der Waals surface area contributed by atoms with Crippen LogP contribution in [0.3, 0.4) is 0 Å². The minimum Gasteiger partial charge on any atom is -0.467 e. The number of rotatable bonds is 8. The van der Waals surface area contributed by atoms with Crippen molar-refractivity contribution in [3.63, 3.8) is 0 Å². The average molecular weight is 426 g/mol. The van der Waals surface area contributed by atoms with E-state index in [2.05, 4.69) is 20.3 Å². The van der Waals surface area contributed by atoms with Gasteiger partial charge in [0.1, 0.15) is 6.04 Å². The number of thiazole rings is 1. The summed E-state index contributed by atoms with van der Waals surface area (Å²) in [6.45, 7) is -0.560. The van der Waals surface area contributed by atoms with E-state index in [9.17, 15) is 14.4 Å². The van der Waals surface area contributed by atoms with E-state index in [1.54, 1.807) is 18.5 Å². The summed E-state index contributed by atoms with van der Waals surface area (Å²) in [5.41, 5.74) is 0.896. The maximum Gasteiger partial charge on any atom is 0.358 e. The van der Waals surface area contributed by atoms with Gasteiger partial charge in [0.2, 0.25) is 0 Å². The van der Waals surface area contributed by atoms with Crippen LogP contribution in [0.5, 0.6) is 0 Å². The molecule has 1 N–H and O–H groups in total. The molecular weight excluding hydrogens is 408 g/mol. The van der Waals surface area contributed by atoms with Gasteiger partial charge in [0, 0.05) is 24.2 Å². The van der Waals surface area contributed by atoms with E-state index in [1.165, 1.54) is 23.8 Å². The van der Waals surface area contributed by atoms with Crippen LogP contribution >= 0.6 is 11.3 Å². The summed E-state index contributed by atoms with van der Waals surface area (Å²) in [6, 6.07) is 9.94. The van der Waals surface area contributed by atoms with E-state index in [0.717, 1.165) is 5.56 Å². The first-order valence-corrected chi connectivity index (χ1v) is 9.76. The fourth-order valence-corrected chi connectivity index (χ4v) is 3.24. The Morgan fingerprint density at radius 3 is 2.53 bits per heavy atom. The van der Waals surface area contributed by atoms with E-state index >= 15 is 0 Å². The summed E-state index contributed by atoms with van der Waals surface area (Å²) in [4.78, 5) is 48.6. The lowest BCUT2D eigenvalue weighted by Crippen LogP contribution is -2.44. The molecule has 154 valence electrons. The molecule has 30 heavy (non-hydrogen) atoms. The van der Waals surface area contributed by atoms with E-state index in [4.69, 9.17) is 9.47 Å². The van der Waals surface area contributed by atoms with Gasteiger partial charge in [0.15, 0.2) is 23.1 Å². The van der Waals surface area contributed by atoms with Gasteiger partial charge in [0.05, 0.1) is 7.11 Å². The molecule has 3 aromatic rings. The zero-order valence-corrected chi connectivity index (χ0v) is 16.8. The Hall–Kier alpha value is -3.66. The summed E-state index contributed by atoms with van der Waals surface area (Å²) >= 11 is 1.19. The van der Waals surface area contributed by atoms with Crippen LogP contribution in [0, 0.1) is 0 Å². The lowest BCUT2D eigenvalue weighted by atomic mass is 10.1. The maximum absolute atomic E-state index is 12.2. The zero-order chi connectivity index (χ0) is 21.3. The fourth-order valence-electron chi connectivity index (χ4n) is 2.51. The van der Waals surface area contributed by atoms with Crippen LogP contribution in [0.1, 0.15) is 16.1 Å². The molecule has 1 aromatic carbocycles. The number of aromatic nitrogens is 3. The predicted octanol–water partition coefficient (Wildman–Crippen LogP) is 1.66. The molecule has 1 atom stereocenters. The number of benzene rings is 1. The summed E-state index contributed by atoms with van der Waals surface area (Å²) in [5.74, 6) is -1.59. The Morgan fingerprint density at radius 2 is 1.83 bits per heavy atom. The Labute approximate surface area is 176 Å². The van der Waals surface area contributed by atoms with Crippen molar-refractivity contribution < 1.29 is 23.9 Å². The summed E-state index contributed by atoms with van der Waals surface area (Å²) < 4.78 is 9.75. The van der Waals surface area contributed by atoms with Crippen LogP contribution in [-0.4, -0.2) is 52.6 Å².